The highest BCUT2D eigenvalue weighted by Crippen LogP contribution is 2.51. The third-order valence-electron chi connectivity index (χ3n) is 6.93. The molecule has 0 unspecified atom stereocenters. The Morgan fingerprint density at radius 3 is 2.64 bits per heavy atom. The number of carbonyl (C=O) groups excluding carboxylic acids is 1. The number of hydrogen-bond donors (Lipinski definition) is 3. The van der Waals surface area contributed by atoms with Crippen LogP contribution in [0.15, 0.2) is 72.0 Å². The monoisotopic (exact) mass is 525 g/mol. The molecule has 0 amide bonds. The summed E-state index contributed by atoms with van der Waals surface area (Å²) < 4.78 is 7.04. The number of nitrogens with one attached hydrogen (secondary N) is 2. The normalized spacial score (nSPS) is 14.2. The van der Waals surface area contributed by atoms with Gasteiger partial charge in [0.05, 0.1) is 29.9 Å². The minimum atomic E-state index is -0.461. The minimum absolute atomic E-state index is 0.0444. The molecule has 0 saturated heterocycles. The number of carbonyl (C=O) groups is 1. The van der Waals surface area contributed by atoms with Crippen molar-refractivity contribution in [3.63, 3.8) is 0 Å². The van der Waals surface area contributed by atoms with E-state index in [1.54, 1.807) is 13.1 Å². The lowest BCUT2D eigenvalue weighted by Crippen LogP contribution is -2.24. The third kappa shape index (κ3) is 5.45. The van der Waals surface area contributed by atoms with Crippen molar-refractivity contribution in [2.45, 2.75) is 31.7 Å². The number of ether oxygens (including phenoxy) is 1. The van der Waals surface area contributed by atoms with Crippen LogP contribution < -0.4 is 11.1 Å². The first-order chi connectivity index (χ1) is 18.9. The maximum absolute atomic E-state index is 11.8. The number of benzene rings is 2. The van der Waals surface area contributed by atoms with E-state index in [9.17, 15) is 4.79 Å². The summed E-state index contributed by atoms with van der Waals surface area (Å²) in [5, 5.41) is 15.3. The third-order valence-corrected chi connectivity index (χ3v) is 6.93. The number of pyridine rings is 1. The van der Waals surface area contributed by atoms with E-state index in [1.165, 1.54) is 0 Å². The van der Waals surface area contributed by atoms with Gasteiger partial charge in [-0.05, 0) is 73.9 Å². The van der Waals surface area contributed by atoms with E-state index in [1.807, 2.05) is 49.5 Å². The number of aryl methyl sites for hydroxylation is 1. The number of rotatable bonds is 11. The predicted octanol–water partition coefficient (Wildman–Crippen LogP) is 3.88. The van der Waals surface area contributed by atoms with Gasteiger partial charge in [-0.15, -0.1) is 0 Å². The molecule has 4 N–H and O–H groups in total. The molecule has 1 aliphatic rings. The maximum atomic E-state index is 11.8. The average molecular weight is 526 g/mol. The predicted molar refractivity (Wildman–Crippen MR) is 150 cm³/mol. The Labute approximate surface area is 226 Å². The van der Waals surface area contributed by atoms with E-state index < -0.39 is 5.97 Å². The first kappa shape index (κ1) is 25.9. The molecule has 1 saturated carbocycles. The van der Waals surface area contributed by atoms with Crippen LogP contribution in [0.1, 0.15) is 42.4 Å². The molecule has 0 atom stereocenters. The van der Waals surface area contributed by atoms with E-state index in [0.717, 1.165) is 41.0 Å². The summed E-state index contributed by atoms with van der Waals surface area (Å²) in [7, 11) is 2.00. The van der Waals surface area contributed by atoms with Gasteiger partial charge in [-0.25, -0.2) is 9.78 Å². The van der Waals surface area contributed by atoms with Gasteiger partial charge in [0.2, 0.25) is 6.61 Å². The van der Waals surface area contributed by atoms with Crippen LogP contribution in [0.5, 0.6) is 0 Å². The van der Waals surface area contributed by atoms with Crippen LogP contribution in [0.25, 0.3) is 11.0 Å². The summed E-state index contributed by atoms with van der Waals surface area (Å²) in [5.74, 6) is 0.472. The van der Waals surface area contributed by atoms with Crippen LogP contribution in [0.3, 0.4) is 0 Å². The topological polar surface area (TPSA) is 141 Å². The lowest BCUT2D eigenvalue weighted by Gasteiger charge is -2.18. The van der Waals surface area contributed by atoms with E-state index in [4.69, 9.17) is 25.7 Å². The van der Waals surface area contributed by atoms with E-state index in [2.05, 4.69) is 38.2 Å². The summed E-state index contributed by atoms with van der Waals surface area (Å²) >= 11 is 0. The van der Waals surface area contributed by atoms with E-state index in [0.29, 0.717) is 23.5 Å². The molecule has 4 aromatic rings. The maximum Gasteiger partial charge on any atom is 0.347 e. The number of amidine groups is 1. The average Bonchev–Trinajstić information content (AvgIpc) is 3.69. The zero-order chi connectivity index (χ0) is 27.4. The number of aromatic nitrogens is 3. The number of imidazole rings is 1. The molecule has 2 heterocycles. The van der Waals surface area contributed by atoms with Crippen molar-refractivity contribution in [3.05, 3.63) is 89.5 Å². The molecule has 5 rings (SSSR count). The summed E-state index contributed by atoms with van der Waals surface area (Å²) in [4.78, 5) is 26.7. The number of nitrogens with two attached hydrogens (primary N) is 1. The molecular formula is C29H31N7O3. The first-order valence-electron chi connectivity index (χ1n) is 12.8. The van der Waals surface area contributed by atoms with Crippen LogP contribution in [0.2, 0.25) is 0 Å². The van der Waals surface area contributed by atoms with Crippen LogP contribution >= 0.6 is 0 Å². The highest BCUT2D eigenvalue weighted by Gasteiger charge is 2.50. The fraction of sp³-hybridized carbons (Fsp3) is 0.276. The van der Waals surface area contributed by atoms with Crippen molar-refractivity contribution in [2.24, 2.45) is 17.9 Å². The molecule has 0 spiro atoms. The number of anilines is 1. The largest absolute Gasteiger partial charge is 0.463 e. The highest BCUT2D eigenvalue weighted by atomic mass is 16.7. The van der Waals surface area contributed by atoms with Crippen molar-refractivity contribution in [3.8, 4) is 0 Å². The van der Waals surface area contributed by atoms with Crippen LogP contribution in [0.4, 0.5) is 5.69 Å². The quantitative estimate of drug-likeness (QED) is 0.117. The molecule has 39 heavy (non-hydrogen) atoms. The number of nitrogen functional groups attached to an aromatic ring is 1. The van der Waals surface area contributed by atoms with Crippen LogP contribution in [-0.2, 0) is 33.4 Å². The number of nitrogens with zero attached hydrogens (tertiary/aromatic N) is 4. The zero-order valence-corrected chi connectivity index (χ0v) is 22.0. The summed E-state index contributed by atoms with van der Waals surface area (Å²) in [6.45, 7) is 2.32. The number of esters is 1. The zero-order valence-electron chi connectivity index (χ0n) is 22.0. The van der Waals surface area contributed by atoms with Gasteiger partial charge in [0.25, 0.3) is 0 Å². The van der Waals surface area contributed by atoms with Crippen molar-refractivity contribution >= 4 is 34.2 Å². The fourth-order valence-electron chi connectivity index (χ4n) is 4.68. The Morgan fingerprint density at radius 2 is 1.97 bits per heavy atom. The van der Waals surface area contributed by atoms with E-state index in [-0.39, 0.29) is 24.5 Å². The summed E-state index contributed by atoms with van der Waals surface area (Å²) in [6, 6.07) is 19.4. The highest BCUT2D eigenvalue weighted by molar-refractivity contribution is 6.09. The molecule has 10 nitrogen and oxygen atoms in total. The van der Waals surface area contributed by atoms with Gasteiger partial charge in [0, 0.05) is 29.9 Å². The Morgan fingerprint density at radius 1 is 1.18 bits per heavy atom. The van der Waals surface area contributed by atoms with Crippen molar-refractivity contribution in [1.29, 1.82) is 5.41 Å². The molecule has 0 bridgehead atoms. The molecule has 0 radical (unpaired) electrons. The Bertz CT molecular complexity index is 1520. The lowest BCUT2D eigenvalue weighted by atomic mass is 9.88. The second-order valence-electron chi connectivity index (χ2n) is 9.45. The second kappa shape index (κ2) is 10.9. The number of hydrogen-bond acceptors (Lipinski definition) is 8. The van der Waals surface area contributed by atoms with Gasteiger partial charge in [0.15, 0.2) is 0 Å². The van der Waals surface area contributed by atoms with Crippen LogP contribution in [0, 0.1) is 5.41 Å². The van der Waals surface area contributed by atoms with Crippen LogP contribution in [-0.4, -0.2) is 45.3 Å². The second-order valence-corrected chi connectivity index (χ2v) is 9.45. The molecule has 1 fully saturated rings. The molecular weight excluding hydrogens is 494 g/mol. The van der Waals surface area contributed by atoms with Gasteiger partial charge in [0.1, 0.15) is 17.4 Å². The standard InChI is InChI=1S/C29H31N7O3/c1-3-38-26(37)18-39-35-27(22-6-4-5-15-32-22)29(13-14-29)20-9-12-24-23(16-20)34-25(36(24)2)17-33-21-10-7-19(8-11-21)28(30)31/h4-12,15-16,33H,3,13-14,17-18H2,1-2H3,(H3,30,31)/b35-27+. The Kier molecular flexibility index (Phi) is 7.27. The Balaban J connectivity index is 1.40. The summed E-state index contributed by atoms with van der Waals surface area (Å²) in [6.07, 6.45) is 3.49. The number of oxime groups is 1. The SMILES string of the molecule is CCOC(=O)CO/N=C(\c1ccccn1)C1(c2ccc3c(c2)nc(CNc2ccc(C(=N)N)cc2)n3C)CC1. The molecule has 0 aliphatic heterocycles. The van der Waals surface area contributed by atoms with Gasteiger partial charge in [-0.3, -0.25) is 10.4 Å². The fourth-order valence-corrected chi connectivity index (χ4v) is 4.68. The summed E-state index contributed by atoms with van der Waals surface area (Å²) in [5.41, 5.74) is 11.2. The molecule has 2 aromatic carbocycles. The Hall–Kier alpha value is -4.73. The van der Waals surface area contributed by atoms with Crippen molar-refractivity contribution in [2.75, 3.05) is 18.5 Å². The molecule has 10 heteroatoms. The van der Waals surface area contributed by atoms with Gasteiger partial charge >= 0.3 is 5.97 Å². The molecule has 200 valence electrons. The van der Waals surface area contributed by atoms with Crippen molar-refractivity contribution in [1.82, 2.24) is 14.5 Å². The molecule has 1 aliphatic carbocycles. The van der Waals surface area contributed by atoms with Gasteiger partial charge < -0.3 is 25.2 Å². The minimum Gasteiger partial charge on any atom is -0.463 e. The lowest BCUT2D eigenvalue weighted by molar-refractivity contribution is -0.148. The smallest absolute Gasteiger partial charge is 0.347 e. The first-order valence-corrected chi connectivity index (χ1v) is 12.8. The van der Waals surface area contributed by atoms with E-state index >= 15 is 0 Å². The number of fused-ring (bicyclic) bond motifs is 1. The van der Waals surface area contributed by atoms with Gasteiger partial charge in [-0.1, -0.05) is 17.3 Å². The van der Waals surface area contributed by atoms with Gasteiger partial charge in [-0.2, -0.15) is 0 Å². The van der Waals surface area contributed by atoms with Crippen molar-refractivity contribution < 1.29 is 14.4 Å². The molecule has 2 aromatic heterocycles.